The minimum Gasteiger partial charge on any atom is -0.506 e. The normalized spacial score (nSPS) is 10.4. The summed E-state index contributed by atoms with van der Waals surface area (Å²) in [6, 6.07) is 13.2. The Morgan fingerprint density at radius 1 is 1.14 bits per heavy atom. The van der Waals surface area contributed by atoms with Gasteiger partial charge < -0.3 is 20.5 Å². The van der Waals surface area contributed by atoms with Crippen LogP contribution in [0.2, 0.25) is 5.02 Å². The van der Waals surface area contributed by atoms with Gasteiger partial charge in [0.25, 0.3) is 11.8 Å². The first-order valence-corrected chi connectivity index (χ1v) is 9.53. The molecule has 0 radical (unpaired) electrons. The molecule has 0 unspecified atom stereocenters. The van der Waals surface area contributed by atoms with E-state index in [1.165, 1.54) is 29.5 Å². The van der Waals surface area contributed by atoms with Crippen LogP contribution in [0.3, 0.4) is 0 Å². The fourth-order valence-electron chi connectivity index (χ4n) is 2.53. The molecule has 0 spiro atoms. The number of rotatable bonds is 6. The number of hydrogen-bond donors (Lipinski definition) is 3. The molecule has 3 N–H and O–H groups in total. The number of aromatic hydroxyl groups is 1. The van der Waals surface area contributed by atoms with Crippen LogP contribution in [0.5, 0.6) is 11.5 Å². The lowest BCUT2D eigenvalue weighted by molar-refractivity contribution is 0.0955. The Bertz CT molecular complexity index is 1020. The SMILES string of the molecule is COc1ccccc1CNC(=O)c1sccc1NC(=O)c1ccc(O)c(Cl)c1. The van der Waals surface area contributed by atoms with E-state index in [-0.39, 0.29) is 22.2 Å². The van der Waals surface area contributed by atoms with Crippen molar-refractivity contribution in [3.05, 3.63) is 74.9 Å². The number of phenolic OH excluding ortho intramolecular Hbond substituents is 1. The number of thiophene rings is 1. The van der Waals surface area contributed by atoms with Gasteiger partial charge in [-0.15, -0.1) is 11.3 Å². The summed E-state index contributed by atoms with van der Waals surface area (Å²) < 4.78 is 5.28. The van der Waals surface area contributed by atoms with Gasteiger partial charge in [-0.3, -0.25) is 9.59 Å². The number of ether oxygens (including phenoxy) is 1. The highest BCUT2D eigenvalue weighted by molar-refractivity contribution is 7.12. The summed E-state index contributed by atoms with van der Waals surface area (Å²) in [7, 11) is 1.57. The number of hydrogen-bond acceptors (Lipinski definition) is 5. The van der Waals surface area contributed by atoms with Gasteiger partial charge in [-0.05, 0) is 35.7 Å². The van der Waals surface area contributed by atoms with Gasteiger partial charge in [-0.1, -0.05) is 29.8 Å². The van der Waals surface area contributed by atoms with Gasteiger partial charge in [-0.2, -0.15) is 0 Å². The average molecular weight is 417 g/mol. The molecule has 0 aliphatic heterocycles. The van der Waals surface area contributed by atoms with Crippen molar-refractivity contribution in [2.75, 3.05) is 12.4 Å². The molecule has 0 aliphatic carbocycles. The van der Waals surface area contributed by atoms with Crippen molar-refractivity contribution in [3.63, 3.8) is 0 Å². The third kappa shape index (κ3) is 4.44. The molecule has 6 nitrogen and oxygen atoms in total. The van der Waals surface area contributed by atoms with Crippen molar-refractivity contribution in [3.8, 4) is 11.5 Å². The Labute approximate surface area is 170 Å². The molecule has 3 aromatic rings. The van der Waals surface area contributed by atoms with Crippen LogP contribution < -0.4 is 15.4 Å². The third-order valence-electron chi connectivity index (χ3n) is 3.96. The first-order chi connectivity index (χ1) is 13.5. The second-order valence-electron chi connectivity index (χ2n) is 5.78. The van der Waals surface area contributed by atoms with E-state index in [0.717, 1.165) is 5.56 Å². The molecule has 0 bridgehead atoms. The van der Waals surface area contributed by atoms with Crippen LogP contribution in [-0.2, 0) is 6.54 Å². The lowest BCUT2D eigenvalue weighted by atomic mass is 10.2. The van der Waals surface area contributed by atoms with Crippen molar-refractivity contribution in [2.45, 2.75) is 6.54 Å². The van der Waals surface area contributed by atoms with E-state index in [0.29, 0.717) is 22.9 Å². The van der Waals surface area contributed by atoms with Crippen LogP contribution in [0.4, 0.5) is 5.69 Å². The molecule has 0 atom stereocenters. The highest BCUT2D eigenvalue weighted by Gasteiger charge is 2.17. The number of carbonyl (C=O) groups is 2. The number of benzene rings is 2. The zero-order valence-electron chi connectivity index (χ0n) is 14.9. The smallest absolute Gasteiger partial charge is 0.263 e. The fraction of sp³-hybridized carbons (Fsp3) is 0.100. The van der Waals surface area contributed by atoms with Gasteiger partial charge in [0, 0.05) is 17.7 Å². The predicted octanol–water partition coefficient (Wildman–Crippen LogP) is 4.30. The van der Waals surface area contributed by atoms with Gasteiger partial charge in [0.05, 0.1) is 17.8 Å². The highest BCUT2D eigenvalue weighted by atomic mass is 35.5. The van der Waals surface area contributed by atoms with E-state index < -0.39 is 5.91 Å². The van der Waals surface area contributed by atoms with Crippen LogP contribution in [0.15, 0.2) is 53.9 Å². The van der Waals surface area contributed by atoms with Crippen LogP contribution >= 0.6 is 22.9 Å². The number of anilines is 1. The topological polar surface area (TPSA) is 87.7 Å². The molecule has 0 saturated heterocycles. The van der Waals surface area contributed by atoms with Crippen LogP contribution in [-0.4, -0.2) is 24.0 Å². The molecule has 8 heteroatoms. The Kier molecular flexibility index (Phi) is 6.18. The Hall–Kier alpha value is -3.03. The summed E-state index contributed by atoms with van der Waals surface area (Å²) in [5.41, 5.74) is 1.52. The van der Waals surface area contributed by atoms with Gasteiger partial charge in [-0.25, -0.2) is 0 Å². The monoisotopic (exact) mass is 416 g/mol. The highest BCUT2D eigenvalue weighted by Crippen LogP contribution is 2.26. The number of amides is 2. The summed E-state index contributed by atoms with van der Waals surface area (Å²) in [5, 5.41) is 16.8. The molecule has 144 valence electrons. The maximum Gasteiger partial charge on any atom is 0.263 e. The quantitative estimate of drug-likeness (QED) is 0.559. The maximum absolute atomic E-state index is 12.6. The Morgan fingerprint density at radius 3 is 2.68 bits per heavy atom. The summed E-state index contributed by atoms with van der Waals surface area (Å²) in [6.45, 7) is 0.293. The lowest BCUT2D eigenvalue weighted by Crippen LogP contribution is -2.23. The Balaban J connectivity index is 1.69. The summed E-state index contributed by atoms with van der Waals surface area (Å²) >= 11 is 7.06. The Morgan fingerprint density at radius 2 is 1.93 bits per heavy atom. The standard InChI is InChI=1S/C20H17ClN2O4S/c1-27-17-5-3-2-4-13(17)11-22-20(26)18-15(8-9-28-18)23-19(25)12-6-7-16(24)14(21)10-12/h2-10,24H,11H2,1H3,(H,22,26)(H,23,25). The summed E-state index contributed by atoms with van der Waals surface area (Å²) in [6.07, 6.45) is 0. The number of carbonyl (C=O) groups excluding carboxylic acids is 2. The molecule has 0 aliphatic rings. The van der Waals surface area contributed by atoms with Crippen molar-refractivity contribution < 1.29 is 19.4 Å². The van der Waals surface area contributed by atoms with Crippen LogP contribution in [0, 0.1) is 0 Å². The first kappa shape index (κ1) is 19.7. The van der Waals surface area contributed by atoms with Crippen molar-refractivity contribution in [1.82, 2.24) is 5.32 Å². The second kappa shape index (κ2) is 8.77. The van der Waals surface area contributed by atoms with Gasteiger partial charge in [0.1, 0.15) is 16.4 Å². The molecule has 2 aromatic carbocycles. The van der Waals surface area contributed by atoms with E-state index in [4.69, 9.17) is 16.3 Å². The zero-order valence-corrected chi connectivity index (χ0v) is 16.4. The first-order valence-electron chi connectivity index (χ1n) is 8.27. The third-order valence-corrected chi connectivity index (χ3v) is 5.18. The zero-order chi connectivity index (χ0) is 20.1. The molecule has 1 heterocycles. The van der Waals surface area contributed by atoms with E-state index in [1.54, 1.807) is 18.6 Å². The van der Waals surface area contributed by atoms with E-state index in [1.807, 2.05) is 24.3 Å². The second-order valence-corrected chi connectivity index (χ2v) is 7.10. The van der Waals surface area contributed by atoms with Gasteiger partial charge in [0.2, 0.25) is 0 Å². The van der Waals surface area contributed by atoms with E-state index >= 15 is 0 Å². The number of phenols is 1. The van der Waals surface area contributed by atoms with Crippen LogP contribution in [0.1, 0.15) is 25.6 Å². The van der Waals surface area contributed by atoms with E-state index in [2.05, 4.69) is 10.6 Å². The van der Waals surface area contributed by atoms with Gasteiger partial charge in [0.15, 0.2) is 0 Å². The predicted molar refractivity (Wildman–Crippen MR) is 110 cm³/mol. The molecular formula is C20H17ClN2O4S. The average Bonchev–Trinajstić information content (AvgIpc) is 3.16. The molecule has 28 heavy (non-hydrogen) atoms. The number of methoxy groups -OCH3 is 1. The lowest BCUT2D eigenvalue weighted by Gasteiger charge is -2.10. The number of nitrogens with one attached hydrogen (secondary N) is 2. The maximum atomic E-state index is 12.6. The minimum atomic E-state index is -0.431. The summed E-state index contributed by atoms with van der Waals surface area (Å²) in [5.74, 6) is -0.157. The molecule has 0 fully saturated rings. The molecular weight excluding hydrogens is 400 g/mol. The number of halogens is 1. The van der Waals surface area contributed by atoms with Crippen LogP contribution in [0.25, 0.3) is 0 Å². The molecule has 0 saturated carbocycles. The van der Waals surface area contributed by atoms with E-state index in [9.17, 15) is 14.7 Å². The van der Waals surface area contributed by atoms with Gasteiger partial charge >= 0.3 is 0 Å². The van der Waals surface area contributed by atoms with Crippen molar-refractivity contribution in [1.29, 1.82) is 0 Å². The fourth-order valence-corrected chi connectivity index (χ4v) is 3.48. The summed E-state index contributed by atoms with van der Waals surface area (Å²) in [4.78, 5) is 25.4. The molecule has 3 rings (SSSR count). The van der Waals surface area contributed by atoms with Crippen molar-refractivity contribution >= 4 is 40.4 Å². The molecule has 1 aromatic heterocycles. The molecule has 2 amide bonds. The largest absolute Gasteiger partial charge is 0.506 e. The van der Waals surface area contributed by atoms with Crippen molar-refractivity contribution in [2.24, 2.45) is 0 Å². The number of para-hydroxylation sites is 1. The minimum absolute atomic E-state index is 0.0766.